The van der Waals surface area contributed by atoms with Gasteiger partial charge in [-0.15, -0.1) is 23.7 Å². The van der Waals surface area contributed by atoms with Gasteiger partial charge in [-0.3, -0.25) is 4.79 Å². The van der Waals surface area contributed by atoms with Gasteiger partial charge in [0.15, 0.2) is 0 Å². The molecule has 1 aromatic carbocycles. The third-order valence-electron chi connectivity index (χ3n) is 4.64. The first-order chi connectivity index (χ1) is 12.2. The fraction of sp³-hybridized carbons (Fsp3) is 0.450. The van der Waals surface area contributed by atoms with Crippen molar-refractivity contribution in [2.45, 2.75) is 19.8 Å². The minimum Gasteiger partial charge on any atom is -0.492 e. The van der Waals surface area contributed by atoms with Crippen molar-refractivity contribution < 1.29 is 9.53 Å². The predicted octanol–water partition coefficient (Wildman–Crippen LogP) is 4.31. The van der Waals surface area contributed by atoms with Gasteiger partial charge in [0.05, 0.1) is 6.61 Å². The van der Waals surface area contributed by atoms with E-state index in [1.54, 1.807) is 0 Å². The van der Waals surface area contributed by atoms with Crippen LogP contribution >= 0.6 is 23.7 Å². The normalized spacial score (nSPS) is 14.8. The number of halogens is 1. The van der Waals surface area contributed by atoms with E-state index in [1.165, 1.54) is 11.3 Å². The number of piperidine rings is 1. The van der Waals surface area contributed by atoms with Crippen molar-refractivity contribution in [3.8, 4) is 16.2 Å². The van der Waals surface area contributed by atoms with E-state index in [2.05, 4.69) is 17.4 Å². The predicted molar refractivity (Wildman–Crippen MR) is 111 cm³/mol. The van der Waals surface area contributed by atoms with E-state index in [-0.39, 0.29) is 18.3 Å². The number of hydrogen-bond donors (Lipinski definition) is 1. The zero-order chi connectivity index (χ0) is 17.6. The monoisotopic (exact) mass is 394 g/mol. The lowest BCUT2D eigenvalue weighted by atomic mass is 9.97. The van der Waals surface area contributed by atoms with Crippen molar-refractivity contribution in [3.63, 3.8) is 0 Å². The second kappa shape index (κ2) is 9.95. The number of carbonyl (C=O) groups excluding carboxylic acids is 1. The van der Waals surface area contributed by atoms with Gasteiger partial charge in [-0.05, 0) is 50.9 Å². The Labute approximate surface area is 166 Å². The van der Waals surface area contributed by atoms with E-state index in [1.807, 2.05) is 43.1 Å². The van der Waals surface area contributed by atoms with E-state index < -0.39 is 0 Å². The molecule has 142 valence electrons. The van der Waals surface area contributed by atoms with Crippen LogP contribution in [0.2, 0.25) is 0 Å². The zero-order valence-electron chi connectivity index (χ0n) is 15.4. The van der Waals surface area contributed by atoms with Crippen LogP contribution in [0.5, 0.6) is 5.75 Å². The molecule has 4 nitrogen and oxygen atoms in total. The molecule has 6 heteroatoms. The molecule has 1 fully saturated rings. The van der Waals surface area contributed by atoms with Gasteiger partial charge in [-0.2, -0.15) is 0 Å². The Kier molecular flexibility index (Phi) is 7.94. The summed E-state index contributed by atoms with van der Waals surface area (Å²) in [5, 5.41) is 3.24. The first kappa shape index (κ1) is 20.7. The Morgan fingerprint density at radius 1 is 1.27 bits per heavy atom. The average molecular weight is 395 g/mol. The van der Waals surface area contributed by atoms with Gasteiger partial charge in [0.1, 0.15) is 10.6 Å². The summed E-state index contributed by atoms with van der Waals surface area (Å²) < 4.78 is 5.76. The average Bonchev–Trinajstić information content (AvgIpc) is 3.07. The number of rotatable bonds is 6. The minimum atomic E-state index is 0. The quantitative estimate of drug-likeness (QED) is 0.793. The summed E-state index contributed by atoms with van der Waals surface area (Å²) in [5.41, 5.74) is 1.13. The largest absolute Gasteiger partial charge is 0.492 e. The number of amides is 1. The van der Waals surface area contributed by atoms with Gasteiger partial charge in [0, 0.05) is 18.0 Å². The summed E-state index contributed by atoms with van der Waals surface area (Å²) in [4.78, 5) is 16.8. The Bertz CT molecular complexity index is 697. The first-order valence-electron chi connectivity index (χ1n) is 8.98. The number of nitrogens with one attached hydrogen (secondary N) is 1. The first-order valence-corrected chi connectivity index (χ1v) is 9.80. The molecule has 1 aromatic heterocycles. The van der Waals surface area contributed by atoms with Crippen LogP contribution in [0, 0.1) is 5.92 Å². The van der Waals surface area contributed by atoms with Gasteiger partial charge in [-0.1, -0.05) is 30.3 Å². The van der Waals surface area contributed by atoms with Crippen LogP contribution in [0.4, 0.5) is 0 Å². The molecule has 2 heterocycles. The van der Waals surface area contributed by atoms with Crippen LogP contribution in [-0.2, 0) is 0 Å². The van der Waals surface area contributed by atoms with E-state index in [4.69, 9.17) is 4.74 Å². The molecule has 1 amide bonds. The Balaban J connectivity index is 0.00000243. The van der Waals surface area contributed by atoms with Crippen LogP contribution in [0.15, 0.2) is 36.4 Å². The van der Waals surface area contributed by atoms with E-state index in [9.17, 15) is 4.79 Å². The van der Waals surface area contributed by atoms with Crippen LogP contribution in [-0.4, -0.2) is 44.1 Å². The van der Waals surface area contributed by atoms with Crippen LogP contribution in [0.3, 0.4) is 0 Å². The highest BCUT2D eigenvalue weighted by Gasteiger charge is 2.27. The lowest BCUT2D eigenvalue weighted by molar-refractivity contribution is 0.0692. The number of ether oxygens (including phenoxy) is 1. The van der Waals surface area contributed by atoms with E-state index in [0.29, 0.717) is 18.3 Å². The van der Waals surface area contributed by atoms with Crippen molar-refractivity contribution in [2.24, 2.45) is 5.92 Å². The molecular weight excluding hydrogens is 368 g/mol. The molecule has 1 saturated heterocycles. The van der Waals surface area contributed by atoms with E-state index >= 15 is 0 Å². The Hall–Kier alpha value is -1.56. The van der Waals surface area contributed by atoms with Crippen molar-refractivity contribution in [3.05, 3.63) is 41.3 Å². The summed E-state index contributed by atoms with van der Waals surface area (Å²) in [6.45, 7) is 5.21. The van der Waals surface area contributed by atoms with Crippen molar-refractivity contribution in [2.75, 3.05) is 33.3 Å². The fourth-order valence-electron chi connectivity index (χ4n) is 3.30. The van der Waals surface area contributed by atoms with Gasteiger partial charge >= 0.3 is 0 Å². The number of nitrogens with zero attached hydrogens (tertiary/aromatic N) is 1. The number of likely N-dealkylation sites (tertiary alicyclic amines) is 1. The highest BCUT2D eigenvalue weighted by Crippen LogP contribution is 2.37. The second-order valence-corrected chi connectivity index (χ2v) is 7.45. The molecule has 26 heavy (non-hydrogen) atoms. The molecule has 0 saturated carbocycles. The molecule has 3 rings (SSSR count). The lowest BCUT2D eigenvalue weighted by Crippen LogP contribution is -2.40. The SMILES string of the molecule is CCOc1cc(-c2ccccc2)sc1C(=O)N1CCC(CNC)CC1.Cl. The van der Waals surface area contributed by atoms with Gasteiger partial charge < -0.3 is 15.0 Å². The van der Waals surface area contributed by atoms with Crippen LogP contribution in [0.1, 0.15) is 29.4 Å². The summed E-state index contributed by atoms with van der Waals surface area (Å²) in [5.74, 6) is 1.50. The van der Waals surface area contributed by atoms with Gasteiger partial charge in [-0.25, -0.2) is 0 Å². The summed E-state index contributed by atoms with van der Waals surface area (Å²) in [7, 11) is 1.99. The maximum Gasteiger partial charge on any atom is 0.267 e. The smallest absolute Gasteiger partial charge is 0.267 e. The molecule has 1 aliphatic heterocycles. The summed E-state index contributed by atoms with van der Waals surface area (Å²) in [6, 6.07) is 12.2. The summed E-state index contributed by atoms with van der Waals surface area (Å²) >= 11 is 1.54. The minimum absolute atomic E-state index is 0. The molecule has 2 aromatic rings. The molecule has 0 aliphatic carbocycles. The van der Waals surface area contributed by atoms with Gasteiger partial charge in [0.25, 0.3) is 5.91 Å². The van der Waals surface area contributed by atoms with Crippen molar-refractivity contribution in [1.29, 1.82) is 0 Å². The third-order valence-corrected chi connectivity index (χ3v) is 5.80. The zero-order valence-corrected chi connectivity index (χ0v) is 17.0. The maximum absolute atomic E-state index is 13.0. The Morgan fingerprint density at radius 3 is 2.58 bits per heavy atom. The second-order valence-electron chi connectivity index (χ2n) is 6.40. The molecule has 0 atom stereocenters. The molecule has 1 aliphatic rings. The lowest BCUT2D eigenvalue weighted by Gasteiger charge is -2.31. The molecule has 0 unspecified atom stereocenters. The highest BCUT2D eigenvalue weighted by molar-refractivity contribution is 7.17. The maximum atomic E-state index is 13.0. The van der Waals surface area contributed by atoms with E-state index in [0.717, 1.165) is 47.8 Å². The molecule has 0 spiro atoms. The number of carbonyl (C=O) groups is 1. The topological polar surface area (TPSA) is 41.6 Å². The van der Waals surface area contributed by atoms with Crippen molar-refractivity contribution >= 4 is 29.7 Å². The number of hydrogen-bond acceptors (Lipinski definition) is 4. The highest BCUT2D eigenvalue weighted by atomic mass is 35.5. The van der Waals surface area contributed by atoms with Crippen LogP contribution in [0.25, 0.3) is 10.4 Å². The Morgan fingerprint density at radius 2 is 1.96 bits per heavy atom. The fourth-order valence-corrected chi connectivity index (χ4v) is 4.38. The molecule has 0 bridgehead atoms. The van der Waals surface area contributed by atoms with Crippen molar-refractivity contribution in [1.82, 2.24) is 10.2 Å². The summed E-state index contributed by atoms with van der Waals surface area (Å²) in [6.07, 6.45) is 2.13. The number of thiophene rings is 1. The standard InChI is InChI=1S/C20H26N2O2S.ClH/c1-3-24-17-13-18(16-7-5-4-6-8-16)25-19(17)20(23)22-11-9-15(10-12-22)14-21-2;/h4-8,13,15,21H,3,9-12,14H2,1-2H3;1H. The molecular formula is C20H27ClN2O2S. The van der Waals surface area contributed by atoms with Crippen LogP contribution < -0.4 is 10.1 Å². The third kappa shape index (κ3) is 4.78. The number of benzene rings is 1. The van der Waals surface area contributed by atoms with Gasteiger partial charge in [0.2, 0.25) is 0 Å². The molecule has 1 N–H and O–H groups in total. The molecule has 0 radical (unpaired) electrons.